The molecule has 0 spiro atoms. The van der Waals surface area contributed by atoms with Gasteiger partial charge in [0.15, 0.2) is 0 Å². The van der Waals surface area contributed by atoms with Gasteiger partial charge in [-0.05, 0) is 68.4 Å². The molecule has 7 rings (SSSR count). The van der Waals surface area contributed by atoms with Crippen LogP contribution in [0.1, 0.15) is 38.5 Å². The Bertz CT molecular complexity index is 961. The molecule has 1 aliphatic heterocycles. The molecule has 2 aromatic rings. The molecule has 7 nitrogen and oxygen atoms in total. The number of carbonyl (C=O) groups is 1. The molecule has 1 saturated heterocycles. The number of para-hydroxylation sites is 1. The molecule has 4 bridgehead atoms. The summed E-state index contributed by atoms with van der Waals surface area (Å²) in [6.07, 6.45) is 6.95. The fourth-order valence-electron chi connectivity index (χ4n) is 6.68. The van der Waals surface area contributed by atoms with Crippen molar-refractivity contribution in [2.24, 2.45) is 17.8 Å². The van der Waals surface area contributed by atoms with Crippen molar-refractivity contribution in [2.45, 2.75) is 56.3 Å². The molecule has 1 amide bonds. The quantitative estimate of drug-likeness (QED) is 0.811. The fraction of sp³-hybridized carbons (Fsp3) is 0.609. The Morgan fingerprint density at radius 1 is 1.17 bits per heavy atom. The number of fused-ring (bicyclic) bond motifs is 1. The lowest BCUT2D eigenvalue weighted by Crippen LogP contribution is -2.58. The Kier molecular flexibility index (Phi) is 4.17. The molecule has 4 saturated carbocycles. The molecule has 1 aromatic heterocycles. The van der Waals surface area contributed by atoms with Crippen molar-refractivity contribution in [3.63, 3.8) is 0 Å². The molecule has 4 aliphatic carbocycles. The normalized spacial score (nSPS) is 37.0. The monoisotopic (exact) mass is 408 g/mol. The van der Waals surface area contributed by atoms with Crippen LogP contribution in [0.5, 0.6) is 0 Å². The van der Waals surface area contributed by atoms with Crippen molar-refractivity contribution in [2.75, 3.05) is 18.4 Å². The van der Waals surface area contributed by atoms with E-state index in [1.54, 1.807) is 6.33 Å². The van der Waals surface area contributed by atoms with Gasteiger partial charge in [0.05, 0.1) is 11.1 Å². The third-order valence-electron chi connectivity index (χ3n) is 7.72. The summed E-state index contributed by atoms with van der Waals surface area (Å²) >= 11 is 0. The summed E-state index contributed by atoms with van der Waals surface area (Å²) in [5, 5.41) is 15.2. The van der Waals surface area contributed by atoms with E-state index >= 15 is 0 Å². The predicted molar refractivity (Wildman–Crippen MR) is 112 cm³/mol. The van der Waals surface area contributed by atoms with E-state index in [1.807, 2.05) is 29.2 Å². The van der Waals surface area contributed by atoms with Gasteiger partial charge in [-0.1, -0.05) is 12.1 Å². The maximum absolute atomic E-state index is 12.9. The Morgan fingerprint density at radius 3 is 2.77 bits per heavy atom. The van der Waals surface area contributed by atoms with Crippen LogP contribution in [0.25, 0.3) is 10.9 Å². The Labute approximate surface area is 175 Å². The molecule has 5 fully saturated rings. The van der Waals surface area contributed by atoms with Gasteiger partial charge in [0.25, 0.3) is 0 Å². The van der Waals surface area contributed by atoms with Gasteiger partial charge in [-0.15, -0.1) is 0 Å². The molecule has 7 heteroatoms. The van der Waals surface area contributed by atoms with Crippen LogP contribution >= 0.6 is 0 Å². The zero-order chi connectivity index (χ0) is 20.3. The minimum atomic E-state index is -0.498. The van der Waals surface area contributed by atoms with Crippen molar-refractivity contribution in [3.05, 3.63) is 30.6 Å². The summed E-state index contributed by atoms with van der Waals surface area (Å²) in [7, 11) is 0. The van der Waals surface area contributed by atoms with Gasteiger partial charge in [0, 0.05) is 24.5 Å². The number of benzene rings is 1. The molecular formula is C23H28N4O3. The maximum atomic E-state index is 12.9. The lowest BCUT2D eigenvalue weighted by Gasteiger charge is -2.57. The molecular weight excluding hydrogens is 380 g/mol. The van der Waals surface area contributed by atoms with Crippen molar-refractivity contribution in [1.82, 2.24) is 14.9 Å². The Morgan fingerprint density at radius 2 is 1.97 bits per heavy atom. The van der Waals surface area contributed by atoms with E-state index in [1.165, 1.54) is 0 Å². The lowest BCUT2D eigenvalue weighted by molar-refractivity contribution is -0.177. The van der Waals surface area contributed by atoms with Gasteiger partial charge in [0.1, 0.15) is 18.2 Å². The average molecular weight is 409 g/mol. The van der Waals surface area contributed by atoms with E-state index < -0.39 is 5.60 Å². The first-order valence-electron chi connectivity index (χ1n) is 11.2. The zero-order valence-corrected chi connectivity index (χ0v) is 17.0. The van der Waals surface area contributed by atoms with Crippen LogP contribution in [-0.2, 0) is 4.74 Å². The number of nitrogens with one attached hydrogen (secondary N) is 1. The first kappa shape index (κ1) is 18.4. The molecule has 4 unspecified atom stereocenters. The van der Waals surface area contributed by atoms with Crippen LogP contribution in [0.3, 0.4) is 0 Å². The highest BCUT2D eigenvalue weighted by Gasteiger charge is 2.56. The number of amides is 1. The molecule has 2 heterocycles. The number of aliphatic hydroxyl groups is 1. The average Bonchev–Trinajstić information content (AvgIpc) is 3.18. The molecule has 158 valence electrons. The summed E-state index contributed by atoms with van der Waals surface area (Å²) in [6, 6.07) is 8.09. The zero-order valence-electron chi connectivity index (χ0n) is 17.0. The number of aromatic nitrogens is 2. The second-order valence-electron chi connectivity index (χ2n) is 9.86. The first-order chi connectivity index (χ1) is 14.6. The van der Waals surface area contributed by atoms with Gasteiger partial charge in [-0.3, -0.25) is 0 Å². The first-order valence-corrected chi connectivity index (χ1v) is 11.2. The largest absolute Gasteiger partial charge is 0.446 e. The standard InChI is InChI=1S/C23H28N4O3/c28-22(30-20-15-7-14-8-16(20)11-23(29,9-14)10-15)27-6-5-17(12-27)26-21-18-3-1-2-4-19(18)24-13-25-21/h1-4,13-17,20,29H,5-12H2,(H,24,25,26)/t14?,15-,16?,17+,20?,23?/m0/s1. The number of hydrogen-bond donors (Lipinski definition) is 2. The van der Waals surface area contributed by atoms with E-state index in [2.05, 4.69) is 15.3 Å². The topological polar surface area (TPSA) is 87.6 Å². The van der Waals surface area contributed by atoms with Crippen LogP contribution in [0, 0.1) is 17.8 Å². The molecule has 2 N–H and O–H groups in total. The minimum absolute atomic E-state index is 0.0212. The van der Waals surface area contributed by atoms with E-state index in [4.69, 9.17) is 4.74 Å². The van der Waals surface area contributed by atoms with Crippen molar-refractivity contribution < 1.29 is 14.6 Å². The van der Waals surface area contributed by atoms with E-state index in [-0.39, 0.29) is 18.2 Å². The highest BCUT2D eigenvalue weighted by Crippen LogP contribution is 2.56. The lowest BCUT2D eigenvalue weighted by atomic mass is 9.53. The fourth-order valence-corrected chi connectivity index (χ4v) is 6.68. The maximum Gasteiger partial charge on any atom is 0.410 e. The minimum Gasteiger partial charge on any atom is -0.446 e. The summed E-state index contributed by atoms with van der Waals surface area (Å²) in [6.45, 7) is 1.31. The molecule has 6 atom stereocenters. The summed E-state index contributed by atoms with van der Waals surface area (Å²) in [5.74, 6) is 2.09. The predicted octanol–water partition coefficient (Wildman–Crippen LogP) is 3.19. The van der Waals surface area contributed by atoms with E-state index in [0.29, 0.717) is 30.8 Å². The molecule has 5 aliphatic rings. The number of anilines is 1. The van der Waals surface area contributed by atoms with Gasteiger partial charge >= 0.3 is 6.09 Å². The third kappa shape index (κ3) is 3.11. The Hall–Kier alpha value is -2.41. The number of rotatable bonds is 3. The smallest absolute Gasteiger partial charge is 0.410 e. The number of carbonyl (C=O) groups excluding carboxylic acids is 1. The van der Waals surface area contributed by atoms with E-state index in [0.717, 1.165) is 55.2 Å². The summed E-state index contributed by atoms with van der Waals surface area (Å²) in [4.78, 5) is 23.5. The highest BCUT2D eigenvalue weighted by atomic mass is 16.6. The third-order valence-corrected chi connectivity index (χ3v) is 7.72. The SMILES string of the molecule is O=C(OC1C2CC3C[C@H]1CC(O)(C3)C2)N1CC[C@@H](Nc2ncnc3ccccc23)C1. The van der Waals surface area contributed by atoms with Gasteiger partial charge in [-0.25, -0.2) is 14.8 Å². The van der Waals surface area contributed by atoms with Crippen molar-refractivity contribution in [3.8, 4) is 0 Å². The van der Waals surface area contributed by atoms with Gasteiger partial charge in [-0.2, -0.15) is 0 Å². The number of hydrogen-bond acceptors (Lipinski definition) is 6. The number of likely N-dealkylation sites (tertiary alicyclic amines) is 1. The second kappa shape index (κ2) is 6.80. The molecule has 0 radical (unpaired) electrons. The number of ether oxygens (including phenoxy) is 1. The highest BCUT2D eigenvalue weighted by molar-refractivity contribution is 5.88. The van der Waals surface area contributed by atoms with Crippen LogP contribution in [0.15, 0.2) is 30.6 Å². The van der Waals surface area contributed by atoms with Crippen LogP contribution in [-0.4, -0.2) is 56.9 Å². The molecule has 1 aromatic carbocycles. The van der Waals surface area contributed by atoms with Crippen LogP contribution in [0.4, 0.5) is 10.6 Å². The summed E-state index contributed by atoms with van der Waals surface area (Å²) < 4.78 is 6.05. The van der Waals surface area contributed by atoms with Crippen LogP contribution in [0.2, 0.25) is 0 Å². The van der Waals surface area contributed by atoms with Gasteiger partial charge < -0.3 is 20.1 Å². The second-order valence-corrected chi connectivity index (χ2v) is 9.86. The Balaban J connectivity index is 1.10. The summed E-state index contributed by atoms with van der Waals surface area (Å²) in [5.41, 5.74) is 0.412. The molecule has 30 heavy (non-hydrogen) atoms. The van der Waals surface area contributed by atoms with Gasteiger partial charge in [0.2, 0.25) is 0 Å². The number of nitrogens with zero attached hydrogens (tertiary/aromatic N) is 3. The van der Waals surface area contributed by atoms with E-state index in [9.17, 15) is 9.90 Å². The van der Waals surface area contributed by atoms with Crippen LogP contribution < -0.4 is 5.32 Å². The van der Waals surface area contributed by atoms with Crippen molar-refractivity contribution >= 4 is 22.8 Å². The van der Waals surface area contributed by atoms with Crippen molar-refractivity contribution in [1.29, 1.82) is 0 Å².